The Labute approximate surface area is 92.0 Å². The normalized spacial score (nSPS) is 16.2. The molecule has 1 saturated carbocycles. The van der Waals surface area contributed by atoms with Gasteiger partial charge in [0.15, 0.2) is 5.69 Å². The highest BCUT2D eigenvalue weighted by atomic mass is 16.4. The molecule has 1 aliphatic rings. The molecular weight excluding hydrogens is 210 g/mol. The molecule has 1 fully saturated rings. The second-order valence-corrected chi connectivity index (χ2v) is 3.93. The van der Waals surface area contributed by atoms with Crippen molar-refractivity contribution < 1.29 is 14.7 Å². The minimum atomic E-state index is -1.12. The number of carbonyl (C=O) groups is 2. The van der Waals surface area contributed by atoms with E-state index in [0.717, 1.165) is 25.7 Å². The van der Waals surface area contributed by atoms with Crippen LogP contribution in [0.5, 0.6) is 0 Å². The van der Waals surface area contributed by atoms with E-state index >= 15 is 0 Å². The Balaban J connectivity index is 1.99. The SMILES string of the molecule is O=C(NC1CCCC1)c1cc(C(=O)O)[nH]n1. The van der Waals surface area contributed by atoms with Gasteiger partial charge in [-0.3, -0.25) is 9.89 Å². The highest BCUT2D eigenvalue weighted by Gasteiger charge is 2.20. The van der Waals surface area contributed by atoms with E-state index in [4.69, 9.17) is 5.11 Å². The van der Waals surface area contributed by atoms with Crippen molar-refractivity contribution in [3.05, 3.63) is 17.5 Å². The van der Waals surface area contributed by atoms with Crippen molar-refractivity contribution in [3.8, 4) is 0 Å². The average Bonchev–Trinajstić information content (AvgIpc) is 2.86. The van der Waals surface area contributed by atoms with Crippen LogP contribution in [-0.2, 0) is 0 Å². The van der Waals surface area contributed by atoms with Crippen molar-refractivity contribution in [3.63, 3.8) is 0 Å². The largest absolute Gasteiger partial charge is 0.477 e. The molecule has 0 unspecified atom stereocenters. The van der Waals surface area contributed by atoms with Crippen LogP contribution in [0.2, 0.25) is 0 Å². The summed E-state index contributed by atoms with van der Waals surface area (Å²) in [7, 11) is 0. The predicted molar refractivity (Wildman–Crippen MR) is 55.3 cm³/mol. The van der Waals surface area contributed by atoms with Gasteiger partial charge in [-0.25, -0.2) is 4.79 Å². The van der Waals surface area contributed by atoms with Crippen LogP contribution in [0.1, 0.15) is 46.7 Å². The minimum Gasteiger partial charge on any atom is -0.477 e. The molecule has 1 aromatic rings. The van der Waals surface area contributed by atoms with Gasteiger partial charge < -0.3 is 10.4 Å². The van der Waals surface area contributed by atoms with E-state index in [-0.39, 0.29) is 23.3 Å². The standard InChI is InChI=1S/C10H13N3O3/c14-9(11-6-3-1-2-4-6)7-5-8(10(15)16)13-12-7/h5-6H,1-4H2,(H,11,14)(H,12,13)(H,15,16). The predicted octanol–water partition coefficient (Wildman–Crippen LogP) is 0.780. The number of nitrogens with one attached hydrogen (secondary N) is 2. The van der Waals surface area contributed by atoms with E-state index in [1.54, 1.807) is 0 Å². The zero-order valence-electron chi connectivity index (χ0n) is 8.69. The Hall–Kier alpha value is -1.85. The van der Waals surface area contributed by atoms with Crippen molar-refractivity contribution in [1.82, 2.24) is 15.5 Å². The molecule has 1 heterocycles. The molecule has 0 radical (unpaired) electrons. The number of H-pyrrole nitrogens is 1. The third-order valence-corrected chi connectivity index (χ3v) is 2.73. The van der Waals surface area contributed by atoms with Gasteiger partial charge in [-0.1, -0.05) is 12.8 Å². The van der Waals surface area contributed by atoms with E-state index in [9.17, 15) is 9.59 Å². The van der Waals surface area contributed by atoms with Gasteiger partial charge >= 0.3 is 5.97 Å². The van der Waals surface area contributed by atoms with Gasteiger partial charge in [-0.2, -0.15) is 5.10 Å². The number of amides is 1. The molecule has 0 bridgehead atoms. The number of carbonyl (C=O) groups excluding carboxylic acids is 1. The van der Waals surface area contributed by atoms with Crippen molar-refractivity contribution in [2.24, 2.45) is 0 Å². The van der Waals surface area contributed by atoms with Crippen LogP contribution >= 0.6 is 0 Å². The van der Waals surface area contributed by atoms with E-state index in [0.29, 0.717) is 0 Å². The second-order valence-electron chi connectivity index (χ2n) is 3.93. The highest BCUT2D eigenvalue weighted by Crippen LogP contribution is 2.17. The number of aromatic carboxylic acids is 1. The molecule has 0 saturated heterocycles. The molecule has 3 N–H and O–H groups in total. The summed E-state index contributed by atoms with van der Waals surface area (Å²) in [6.45, 7) is 0. The fourth-order valence-electron chi connectivity index (χ4n) is 1.88. The van der Waals surface area contributed by atoms with E-state index < -0.39 is 5.97 Å². The van der Waals surface area contributed by atoms with E-state index in [1.807, 2.05) is 0 Å². The Bertz CT molecular complexity index is 407. The number of carboxylic acid groups (broad SMARTS) is 1. The molecular formula is C10H13N3O3. The molecule has 86 valence electrons. The Kier molecular flexibility index (Phi) is 2.89. The fourth-order valence-corrected chi connectivity index (χ4v) is 1.88. The third kappa shape index (κ3) is 2.21. The van der Waals surface area contributed by atoms with Crippen molar-refractivity contribution in [2.75, 3.05) is 0 Å². The minimum absolute atomic E-state index is 0.0726. The maximum absolute atomic E-state index is 11.7. The van der Waals surface area contributed by atoms with Crippen molar-refractivity contribution in [2.45, 2.75) is 31.7 Å². The van der Waals surface area contributed by atoms with E-state index in [2.05, 4.69) is 15.5 Å². The third-order valence-electron chi connectivity index (χ3n) is 2.73. The Morgan fingerprint density at radius 1 is 1.44 bits per heavy atom. The zero-order valence-corrected chi connectivity index (χ0v) is 8.69. The van der Waals surface area contributed by atoms with Crippen molar-refractivity contribution in [1.29, 1.82) is 0 Å². The fraction of sp³-hybridized carbons (Fsp3) is 0.500. The first-order valence-electron chi connectivity index (χ1n) is 5.26. The van der Waals surface area contributed by atoms with Gasteiger partial charge in [0.05, 0.1) is 0 Å². The van der Waals surface area contributed by atoms with Crippen LogP contribution in [0.15, 0.2) is 6.07 Å². The maximum atomic E-state index is 11.7. The number of aromatic amines is 1. The molecule has 0 atom stereocenters. The zero-order chi connectivity index (χ0) is 11.5. The lowest BCUT2D eigenvalue weighted by Crippen LogP contribution is -2.32. The van der Waals surface area contributed by atoms with Crippen LogP contribution in [0.3, 0.4) is 0 Å². The van der Waals surface area contributed by atoms with Crippen LogP contribution in [0.25, 0.3) is 0 Å². The molecule has 16 heavy (non-hydrogen) atoms. The van der Waals surface area contributed by atoms with Gasteiger partial charge in [0.1, 0.15) is 5.69 Å². The summed E-state index contributed by atoms with van der Waals surface area (Å²) in [5.74, 6) is -1.43. The number of carboxylic acids is 1. The number of rotatable bonds is 3. The summed E-state index contributed by atoms with van der Waals surface area (Å²) in [4.78, 5) is 22.2. The molecule has 1 aromatic heterocycles. The van der Waals surface area contributed by atoms with Gasteiger partial charge in [0, 0.05) is 12.1 Å². The smallest absolute Gasteiger partial charge is 0.353 e. The molecule has 1 amide bonds. The molecule has 1 aliphatic carbocycles. The summed E-state index contributed by atoms with van der Waals surface area (Å²) in [6.07, 6.45) is 4.24. The van der Waals surface area contributed by atoms with Gasteiger partial charge in [0.25, 0.3) is 5.91 Å². The summed E-state index contributed by atoms with van der Waals surface area (Å²) in [6, 6.07) is 1.45. The summed E-state index contributed by atoms with van der Waals surface area (Å²) < 4.78 is 0. The lowest BCUT2D eigenvalue weighted by atomic mass is 10.2. The second kappa shape index (κ2) is 4.34. The Morgan fingerprint density at radius 2 is 2.12 bits per heavy atom. The number of nitrogens with zero attached hydrogens (tertiary/aromatic N) is 1. The Morgan fingerprint density at radius 3 is 2.69 bits per heavy atom. The molecule has 0 aliphatic heterocycles. The monoisotopic (exact) mass is 223 g/mol. The molecule has 0 spiro atoms. The molecule has 0 aromatic carbocycles. The van der Waals surface area contributed by atoms with Crippen molar-refractivity contribution >= 4 is 11.9 Å². The lowest BCUT2D eigenvalue weighted by Gasteiger charge is -2.09. The van der Waals surface area contributed by atoms with Crippen LogP contribution in [0, 0.1) is 0 Å². The molecule has 2 rings (SSSR count). The van der Waals surface area contributed by atoms with Crippen LogP contribution < -0.4 is 5.32 Å². The van der Waals surface area contributed by atoms with Gasteiger partial charge in [0.2, 0.25) is 0 Å². The summed E-state index contributed by atoms with van der Waals surface area (Å²) >= 11 is 0. The van der Waals surface area contributed by atoms with Crippen LogP contribution in [-0.4, -0.2) is 33.2 Å². The number of aromatic nitrogens is 2. The average molecular weight is 223 g/mol. The highest BCUT2D eigenvalue weighted by molar-refractivity contribution is 5.95. The van der Waals surface area contributed by atoms with Gasteiger partial charge in [-0.15, -0.1) is 0 Å². The molecule has 6 nitrogen and oxygen atoms in total. The summed E-state index contributed by atoms with van der Waals surface area (Å²) in [5, 5.41) is 17.5. The summed E-state index contributed by atoms with van der Waals surface area (Å²) in [5.41, 5.74) is 0.0564. The maximum Gasteiger partial charge on any atom is 0.353 e. The first-order chi connectivity index (χ1) is 7.66. The van der Waals surface area contributed by atoms with E-state index in [1.165, 1.54) is 6.07 Å². The first-order valence-corrected chi connectivity index (χ1v) is 5.26. The molecule has 6 heteroatoms. The quantitative estimate of drug-likeness (QED) is 0.705. The number of hydrogen-bond donors (Lipinski definition) is 3. The topological polar surface area (TPSA) is 95.1 Å². The van der Waals surface area contributed by atoms with Crippen LogP contribution in [0.4, 0.5) is 0 Å². The first kappa shape index (κ1) is 10.7. The number of hydrogen-bond acceptors (Lipinski definition) is 3. The van der Waals surface area contributed by atoms with Gasteiger partial charge in [-0.05, 0) is 12.8 Å². The lowest BCUT2D eigenvalue weighted by molar-refractivity contribution is 0.0690.